The van der Waals surface area contributed by atoms with Gasteiger partial charge < -0.3 is 60.6 Å². The highest BCUT2D eigenvalue weighted by molar-refractivity contribution is 6.13. The highest BCUT2D eigenvalue weighted by Gasteiger charge is 2.38. The van der Waals surface area contributed by atoms with Crippen LogP contribution >= 0.6 is 0 Å². The Hall–Kier alpha value is -9.14. The van der Waals surface area contributed by atoms with E-state index in [1.165, 1.54) is 28.1 Å². The SMILES string of the molecule is COc1cc(C(=O)N2c3ccccc3C[C@H]2C)c(N)cc1OCc1cc(COc2cc3c(cc2OC)C(=O)N2c4ccccc4C[C@H]2CN3)cc(NC(=O)[C@H](C)NC(=O)[C@H](C)NC(=O)CCCCC(=O)ON2C(=O)CCC2=O)c1. The maximum atomic E-state index is 14.1. The van der Waals surface area contributed by atoms with Crippen LogP contribution in [0, 0.1) is 0 Å². The van der Waals surface area contributed by atoms with Crippen LogP contribution in [0.1, 0.15) is 102 Å². The van der Waals surface area contributed by atoms with Crippen LogP contribution in [0.25, 0.3) is 0 Å². The summed E-state index contributed by atoms with van der Waals surface area (Å²) in [5, 5.41) is 12.0. The van der Waals surface area contributed by atoms with Gasteiger partial charge in [0.2, 0.25) is 17.7 Å². The average molecular weight is 1080 g/mol. The van der Waals surface area contributed by atoms with E-state index in [4.69, 9.17) is 29.5 Å². The third-order valence-electron chi connectivity index (χ3n) is 14.2. The van der Waals surface area contributed by atoms with E-state index in [2.05, 4.69) is 21.3 Å². The number of para-hydroxylation sites is 2. The van der Waals surface area contributed by atoms with Crippen LogP contribution in [-0.2, 0) is 59.7 Å². The van der Waals surface area contributed by atoms with Crippen molar-refractivity contribution in [2.24, 2.45) is 0 Å². The van der Waals surface area contributed by atoms with Crippen molar-refractivity contribution in [3.63, 3.8) is 0 Å². The largest absolute Gasteiger partial charge is 0.493 e. The van der Waals surface area contributed by atoms with Crippen molar-refractivity contribution in [3.05, 3.63) is 124 Å². The lowest BCUT2D eigenvalue weighted by atomic mass is 10.1. The number of nitrogens with zero attached hydrogens (tertiary/aromatic N) is 3. The van der Waals surface area contributed by atoms with Crippen LogP contribution in [0.4, 0.5) is 28.4 Å². The fourth-order valence-electron chi connectivity index (χ4n) is 10.2. The van der Waals surface area contributed by atoms with Gasteiger partial charge in [-0.05, 0) is 111 Å². The Bertz CT molecular complexity index is 3240. The Kier molecular flexibility index (Phi) is 16.3. The molecule has 5 aromatic rings. The van der Waals surface area contributed by atoms with E-state index in [1.807, 2.05) is 66.4 Å². The van der Waals surface area contributed by atoms with Crippen LogP contribution in [-0.4, -0.2) is 97.3 Å². The van der Waals surface area contributed by atoms with Crippen molar-refractivity contribution in [1.29, 1.82) is 0 Å². The van der Waals surface area contributed by atoms with E-state index in [0.717, 1.165) is 22.5 Å². The summed E-state index contributed by atoms with van der Waals surface area (Å²) in [5.74, 6) is -2.88. The molecule has 21 nitrogen and oxygen atoms in total. The second-order valence-corrected chi connectivity index (χ2v) is 19.9. The molecule has 0 aromatic heterocycles. The fraction of sp³-hybridized carbons (Fsp3) is 0.345. The number of ether oxygens (including phenoxy) is 4. The number of carbonyl (C=O) groups is 8. The van der Waals surface area contributed by atoms with Crippen LogP contribution in [0.15, 0.2) is 91.0 Å². The summed E-state index contributed by atoms with van der Waals surface area (Å²) in [7, 11) is 2.95. The van der Waals surface area contributed by atoms with Gasteiger partial charge in [0.1, 0.15) is 25.3 Å². The van der Waals surface area contributed by atoms with Crippen LogP contribution in [0.2, 0.25) is 0 Å². The van der Waals surface area contributed by atoms with E-state index in [-0.39, 0.29) is 98.4 Å². The molecule has 412 valence electrons. The summed E-state index contributed by atoms with van der Waals surface area (Å²) in [6, 6.07) is 25.0. The van der Waals surface area contributed by atoms with Crippen molar-refractivity contribution in [2.75, 3.05) is 46.9 Å². The zero-order chi connectivity index (χ0) is 56.1. The number of carbonyl (C=O) groups excluding carboxylic acids is 8. The molecular formula is C58H62N8O13. The van der Waals surface area contributed by atoms with Gasteiger partial charge >= 0.3 is 5.97 Å². The lowest BCUT2D eigenvalue weighted by Crippen LogP contribution is -2.50. The van der Waals surface area contributed by atoms with Gasteiger partial charge in [-0.1, -0.05) is 36.4 Å². The van der Waals surface area contributed by atoms with E-state index in [1.54, 1.807) is 41.3 Å². The average Bonchev–Trinajstić information content (AvgIpc) is 4.14. The zero-order valence-corrected chi connectivity index (χ0v) is 44.5. The number of amides is 7. The van der Waals surface area contributed by atoms with E-state index in [9.17, 15) is 38.4 Å². The second-order valence-electron chi connectivity index (χ2n) is 19.9. The predicted molar refractivity (Wildman–Crippen MR) is 291 cm³/mol. The molecule has 79 heavy (non-hydrogen) atoms. The minimum atomic E-state index is -1.08. The molecule has 0 radical (unpaired) electrons. The summed E-state index contributed by atoms with van der Waals surface area (Å²) in [6.45, 7) is 5.33. The number of methoxy groups -OCH3 is 2. The molecule has 9 rings (SSSR count). The zero-order valence-electron chi connectivity index (χ0n) is 44.5. The molecule has 5 aromatic carbocycles. The summed E-state index contributed by atoms with van der Waals surface area (Å²) >= 11 is 0. The number of hydrogen-bond acceptors (Lipinski definition) is 15. The number of rotatable bonds is 20. The second kappa shape index (κ2) is 23.6. The molecular weight excluding hydrogens is 1020 g/mol. The maximum Gasteiger partial charge on any atom is 0.333 e. The molecule has 21 heteroatoms. The van der Waals surface area contributed by atoms with Gasteiger partial charge in [0, 0.05) is 73.2 Å². The molecule has 1 saturated heterocycles. The number of imide groups is 1. The molecule has 0 bridgehead atoms. The smallest absolute Gasteiger partial charge is 0.333 e. The lowest BCUT2D eigenvalue weighted by Gasteiger charge is -2.24. The first-order valence-electron chi connectivity index (χ1n) is 26.1. The number of fused-ring (bicyclic) bond motifs is 5. The minimum Gasteiger partial charge on any atom is -0.493 e. The third kappa shape index (κ3) is 12.0. The van der Waals surface area contributed by atoms with Gasteiger partial charge in [-0.25, -0.2) is 4.79 Å². The Balaban J connectivity index is 0.879. The van der Waals surface area contributed by atoms with Gasteiger partial charge in [0.25, 0.3) is 23.6 Å². The third-order valence-corrected chi connectivity index (χ3v) is 14.2. The van der Waals surface area contributed by atoms with Crippen molar-refractivity contribution in [2.45, 2.75) is 110 Å². The van der Waals surface area contributed by atoms with E-state index >= 15 is 0 Å². The fourth-order valence-corrected chi connectivity index (χ4v) is 10.2. The van der Waals surface area contributed by atoms with Crippen LogP contribution < -0.4 is 55.7 Å². The molecule has 0 unspecified atom stereocenters. The van der Waals surface area contributed by atoms with Crippen LogP contribution in [0.5, 0.6) is 23.0 Å². The lowest BCUT2D eigenvalue weighted by molar-refractivity contribution is -0.197. The first kappa shape index (κ1) is 54.6. The molecule has 7 amide bonds. The molecule has 4 atom stereocenters. The van der Waals surface area contributed by atoms with Gasteiger partial charge in [0.15, 0.2) is 23.0 Å². The standard InChI is InChI=1S/C58H62N8O13/c1-32-20-37-12-6-8-14-45(37)64(32)57(73)41-25-47(75-4)49(27-43(41)59)77-30-35-21-36(31-78-50-28-44-42(26-48(50)76-5)58(74)65-40(29-60-44)24-38-13-7-9-15-46(38)65)23-39(22-35)63-56(72)34(3)62-55(71)33(2)61-51(67)16-10-11-17-54(70)79-66-52(68)18-19-53(66)69/h6-9,12-15,21-23,25-28,32-34,40,60H,10-11,16-20,24,29-31,59H2,1-5H3,(H,61,67)(H,62,71)(H,63,72)/t32-,33+,34+,40+/m1/s1. The minimum absolute atomic E-state index is 0.0237. The quantitative estimate of drug-likeness (QED) is 0.0333. The summed E-state index contributed by atoms with van der Waals surface area (Å²) in [6.07, 6.45) is 1.69. The summed E-state index contributed by atoms with van der Waals surface area (Å²) in [5.41, 5.74) is 13.4. The van der Waals surface area contributed by atoms with Crippen molar-refractivity contribution < 1.29 is 62.1 Å². The van der Waals surface area contributed by atoms with Crippen molar-refractivity contribution in [1.82, 2.24) is 15.7 Å². The van der Waals surface area contributed by atoms with E-state index in [0.29, 0.717) is 64.0 Å². The number of nitrogen functional groups attached to an aromatic ring is 1. The number of benzene rings is 5. The number of hydrogen-bond donors (Lipinski definition) is 5. The van der Waals surface area contributed by atoms with Crippen molar-refractivity contribution in [3.8, 4) is 23.0 Å². The van der Waals surface area contributed by atoms with Gasteiger partial charge in [0.05, 0.1) is 37.1 Å². The molecule has 0 spiro atoms. The first-order valence-corrected chi connectivity index (χ1v) is 26.1. The molecule has 0 aliphatic carbocycles. The maximum absolute atomic E-state index is 14.1. The number of nitrogens with one attached hydrogen (secondary N) is 4. The normalized spacial score (nSPS) is 16.8. The Morgan fingerprint density at radius 2 is 1.32 bits per heavy atom. The van der Waals surface area contributed by atoms with Gasteiger partial charge in [-0.2, -0.15) is 0 Å². The first-order chi connectivity index (χ1) is 38.0. The molecule has 4 heterocycles. The predicted octanol–water partition coefficient (Wildman–Crippen LogP) is 6.15. The molecule has 4 aliphatic heterocycles. The van der Waals surface area contributed by atoms with Crippen molar-refractivity contribution >= 4 is 75.8 Å². The molecule has 4 aliphatic rings. The highest BCUT2D eigenvalue weighted by Crippen LogP contribution is 2.42. The van der Waals surface area contributed by atoms with E-state index < -0.39 is 47.6 Å². The van der Waals surface area contributed by atoms with Gasteiger partial charge in [-0.15, -0.1) is 5.06 Å². The summed E-state index contributed by atoms with van der Waals surface area (Å²) in [4.78, 5) is 112. The number of hydroxylamine groups is 2. The van der Waals surface area contributed by atoms with Crippen LogP contribution in [0.3, 0.4) is 0 Å². The monoisotopic (exact) mass is 1080 g/mol. The highest BCUT2D eigenvalue weighted by atomic mass is 16.7. The summed E-state index contributed by atoms with van der Waals surface area (Å²) < 4.78 is 24.3. The molecule has 0 saturated carbocycles. The number of anilines is 5. The Morgan fingerprint density at radius 1 is 0.709 bits per heavy atom. The number of nitrogens with two attached hydrogens (primary N) is 1. The number of unbranched alkanes of at least 4 members (excludes halogenated alkanes) is 1. The topological polar surface area (TPSA) is 267 Å². The Labute approximate surface area is 455 Å². The molecule has 1 fully saturated rings. The molecule has 6 N–H and O–H groups in total. The van der Waals surface area contributed by atoms with Gasteiger partial charge in [-0.3, -0.25) is 33.6 Å². The Morgan fingerprint density at radius 3 is 2.00 bits per heavy atom.